The first-order chi connectivity index (χ1) is 15.2. The monoisotopic (exact) mass is 458 g/mol. The van der Waals surface area contributed by atoms with E-state index in [9.17, 15) is 13.2 Å². The lowest BCUT2D eigenvalue weighted by molar-refractivity contribution is -0.136. The van der Waals surface area contributed by atoms with Crippen LogP contribution < -0.4 is 4.90 Å². The second-order valence-electron chi connectivity index (χ2n) is 6.88. The number of hydrogen-bond donors (Lipinski definition) is 0. The van der Waals surface area contributed by atoms with Crippen molar-refractivity contribution in [2.75, 3.05) is 11.9 Å². The lowest BCUT2D eigenvalue weighted by Crippen LogP contribution is -2.26. The van der Waals surface area contributed by atoms with Crippen molar-refractivity contribution >= 4 is 28.3 Å². The van der Waals surface area contributed by atoms with Crippen LogP contribution in [0.2, 0.25) is 5.02 Å². The number of alkyl halides is 3. The molecule has 1 atom stereocenters. The highest BCUT2D eigenvalue weighted by Gasteiger charge is 2.35. The SMILES string of the molecule is CC(c1ncnn1-c1ccc(C#N)cn1)N(C)c1ncnc2c(C(F)(F)F)cc(Cl)cc12. The molecule has 0 spiro atoms. The van der Waals surface area contributed by atoms with Gasteiger partial charge in [0.2, 0.25) is 0 Å². The van der Waals surface area contributed by atoms with Crippen molar-refractivity contribution in [1.82, 2.24) is 29.7 Å². The second-order valence-corrected chi connectivity index (χ2v) is 7.31. The van der Waals surface area contributed by atoms with Gasteiger partial charge in [-0.25, -0.2) is 19.9 Å². The summed E-state index contributed by atoms with van der Waals surface area (Å²) in [4.78, 5) is 18.2. The molecular weight excluding hydrogens is 445 g/mol. The average molecular weight is 459 g/mol. The van der Waals surface area contributed by atoms with E-state index in [1.54, 1.807) is 31.0 Å². The number of benzene rings is 1. The number of nitriles is 1. The Morgan fingerprint density at radius 1 is 1.12 bits per heavy atom. The van der Waals surface area contributed by atoms with Crippen molar-refractivity contribution in [3.8, 4) is 11.9 Å². The van der Waals surface area contributed by atoms with E-state index >= 15 is 0 Å². The molecule has 4 rings (SSSR count). The number of hydrogen-bond acceptors (Lipinski definition) is 7. The van der Waals surface area contributed by atoms with E-state index in [1.165, 1.54) is 23.3 Å². The van der Waals surface area contributed by atoms with Gasteiger partial charge in [0.25, 0.3) is 0 Å². The smallest absolute Gasteiger partial charge is 0.349 e. The number of pyridine rings is 1. The fourth-order valence-corrected chi connectivity index (χ4v) is 3.48. The molecule has 0 saturated heterocycles. The van der Waals surface area contributed by atoms with Gasteiger partial charge in [-0.05, 0) is 31.2 Å². The quantitative estimate of drug-likeness (QED) is 0.448. The maximum atomic E-state index is 13.5. The van der Waals surface area contributed by atoms with Crippen molar-refractivity contribution in [1.29, 1.82) is 5.26 Å². The number of anilines is 1. The largest absolute Gasteiger partial charge is 0.418 e. The Labute approximate surface area is 184 Å². The summed E-state index contributed by atoms with van der Waals surface area (Å²) in [5, 5.41) is 13.2. The number of halogens is 4. The van der Waals surface area contributed by atoms with Crippen molar-refractivity contribution in [3.05, 3.63) is 65.1 Å². The summed E-state index contributed by atoms with van der Waals surface area (Å²) < 4.78 is 42.1. The lowest BCUT2D eigenvalue weighted by atomic mass is 10.1. The van der Waals surface area contributed by atoms with Gasteiger partial charge in [-0.15, -0.1) is 0 Å². The molecule has 1 unspecified atom stereocenters. The minimum absolute atomic E-state index is 0.0770. The topological polar surface area (TPSA) is 96.4 Å². The number of aromatic nitrogens is 6. The molecule has 0 N–H and O–H groups in total. The Bertz CT molecular complexity index is 1330. The molecule has 0 saturated carbocycles. The second kappa shape index (κ2) is 8.05. The van der Waals surface area contributed by atoms with E-state index in [2.05, 4.69) is 25.0 Å². The van der Waals surface area contributed by atoms with Gasteiger partial charge in [0.05, 0.1) is 22.7 Å². The summed E-state index contributed by atoms with van der Waals surface area (Å²) in [5.41, 5.74) is -0.791. The Balaban J connectivity index is 1.78. The third kappa shape index (κ3) is 3.80. The normalized spacial score (nSPS) is 12.5. The van der Waals surface area contributed by atoms with Crippen LogP contribution in [0.5, 0.6) is 0 Å². The molecule has 0 amide bonds. The lowest BCUT2D eigenvalue weighted by Gasteiger charge is -2.26. The number of rotatable bonds is 4. The van der Waals surface area contributed by atoms with Gasteiger partial charge in [-0.3, -0.25) is 0 Å². The summed E-state index contributed by atoms with van der Waals surface area (Å²) in [5.74, 6) is 1.15. The third-order valence-electron chi connectivity index (χ3n) is 4.94. The molecule has 0 aliphatic carbocycles. The minimum Gasteiger partial charge on any atom is -0.349 e. The third-order valence-corrected chi connectivity index (χ3v) is 5.16. The van der Waals surface area contributed by atoms with Gasteiger partial charge in [-0.2, -0.15) is 28.2 Å². The van der Waals surface area contributed by atoms with Gasteiger partial charge in [0, 0.05) is 23.7 Å². The highest BCUT2D eigenvalue weighted by molar-refractivity contribution is 6.31. The first kappa shape index (κ1) is 21.5. The van der Waals surface area contributed by atoms with Crippen molar-refractivity contribution < 1.29 is 13.2 Å². The fraction of sp³-hybridized carbons (Fsp3) is 0.200. The van der Waals surface area contributed by atoms with Gasteiger partial charge in [0.1, 0.15) is 24.5 Å². The van der Waals surface area contributed by atoms with Gasteiger partial charge in [-0.1, -0.05) is 11.6 Å². The molecule has 0 bridgehead atoms. The van der Waals surface area contributed by atoms with E-state index in [0.717, 1.165) is 12.4 Å². The van der Waals surface area contributed by atoms with Gasteiger partial charge < -0.3 is 4.90 Å². The van der Waals surface area contributed by atoms with Crippen LogP contribution in [0.15, 0.2) is 43.1 Å². The van der Waals surface area contributed by atoms with Crippen LogP contribution >= 0.6 is 11.6 Å². The summed E-state index contributed by atoms with van der Waals surface area (Å²) in [6, 6.07) is 6.99. The fourth-order valence-electron chi connectivity index (χ4n) is 3.26. The Hall–Kier alpha value is -3.78. The van der Waals surface area contributed by atoms with Crippen molar-refractivity contribution in [2.45, 2.75) is 19.1 Å². The zero-order valence-corrected chi connectivity index (χ0v) is 17.5. The zero-order chi connectivity index (χ0) is 23.0. The average Bonchev–Trinajstić information content (AvgIpc) is 3.26. The summed E-state index contributed by atoms with van der Waals surface area (Å²) in [6.45, 7) is 1.80. The van der Waals surface area contributed by atoms with Crippen LogP contribution in [0.4, 0.5) is 19.0 Å². The zero-order valence-electron chi connectivity index (χ0n) is 16.7. The van der Waals surface area contributed by atoms with Gasteiger partial charge >= 0.3 is 6.18 Å². The molecule has 0 aliphatic rings. The molecule has 0 aliphatic heterocycles. The first-order valence-corrected chi connectivity index (χ1v) is 9.59. The van der Waals surface area contributed by atoms with Gasteiger partial charge in [0.15, 0.2) is 11.6 Å². The summed E-state index contributed by atoms with van der Waals surface area (Å²) >= 11 is 5.98. The predicted molar refractivity (Wildman–Crippen MR) is 110 cm³/mol. The van der Waals surface area contributed by atoms with E-state index < -0.39 is 17.8 Å². The molecule has 12 heteroatoms. The highest BCUT2D eigenvalue weighted by atomic mass is 35.5. The molecule has 32 heavy (non-hydrogen) atoms. The van der Waals surface area contributed by atoms with Crippen LogP contribution in [0.1, 0.15) is 29.9 Å². The molecule has 3 aromatic heterocycles. The molecular formula is C20H14ClF3N8. The Morgan fingerprint density at radius 3 is 2.56 bits per heavy atom. The van der Waals surface area contributed by atoms with Crippen LogP contribution in [0, 0.1) is 11.3 Å². The molecule has 1 aromatic carbocycles. The molecule has 0 radical (unpaired) electrons. The van der Waals surface area contributed by atoms with E-state index in [0.29, 0.717) is 17.2 Å². The van der Waals surface area contributed by atoms with Crippen molar-refractivity contribution in [2.24, 2.45) is 0 Å². The maximum absolute atomic E-state index is 13.5. The van der Waals surface area contributed by atoms with Crippen LogP contribution in [0.3, 0.4) is 0 Å². The van der Waals surface area contributed by atoms with Crippen LogP contribution in [-0.4, -0.2) is 36.8 Å². The molecule has 8 nitrogen and oxygen atoms in total. The van der Waals surface area contributed by atoms with E-state index in [1.807, 2.05) is 6.07 Å². The molecule has 3 heterocycles. The van der Waals surface area contributed by atoms with Crippen molar-refractivity contribution in [3.63, 3.8) is 0 Å². The number of fused-ring (bicyclic) bond motifs is 1. The maximum Gasteiger partial charge on any atom is 0.418 e. The highest BCUT2D eigenvalue weighted by Crippen LogP contribution is 2.39. The molecule has 4 aromatic rings. The summed E-state index contributed by atoms with van der Waals surface area (Å²) in [7, 11) is 1.67. The molecule has 162 valence electrons. The van der Waals surface area contributed by atoms with Crippen LogP contribution in [0.25, 0.3) is 16.7 Å². The predicted octanol–water partition coefficient (Wildman–Crippen LogP) is 4.35. The first-order valence-electron chi connectivity index (χ1n) is 9.21. The Morgan fingerprint density at radius 2 is 1.91 bits per heavy atom. The van der Waals surface area contributed by atoms with Crippen LogP contribution in [-0.2, 0) is 6.18 Å². The summed E-state index contributed by atoms with van der Waals surface area (Å²) in [6.07, 6.45) is -0.790. The van der Waals surface area contributed by atoms with E-state index in [-0.39, 0.29) is 21.7 Å². The Kier molecular flexibility index (Phi) is 5.40. The standard InChI is InChI=1S/C20H14ClF3N8/c1-11(18-29-10-30-32(18)16-4-3-12(7-25)8-26-16)31(2)19-14-5-13(21)6-15(20(22,23)24)17(14)27-9-28-19/h3-6,8-11H,1-2H3. The van der Waals surface area contributed by atoms with E-state index in [4.69, 9.17) is 16.9 Å². The molecule has 0 fully saturated rings. The number of nitrogens with zero attached hydrogens (tertiary/aromatic N) is 8. The minimum atomic E-state index is -4.62.